The molecule has 0 amide bonds. The standard InChI is InChI=1S/BH3.GeH4.H2O4Te/c;;1-5(2,3)4/h1H3;1H4;(H2,1,2,3,4). The molecule has 0 aromatic heterocycles. The maximum atomic E-state index is 8.85. The van der Waals surface area contributed by atoms with Crippen molar-refractivity contribution in [2.24, 2.45) is 0 Å². The molecule has 0 saturated heterocycles. The van der Waals surface area contributed by atoms with E-state index >= 15 is 0 Å². The SMILES string of the molecule is B.O=[Te](=O)(O)O.[GeH4]. The van der Waals surface area contributed by atoms with Crippen LogP contribution in [0.4, 0.5) is 0 Å². The van der Waals surface area contributed by atoms with Gasteiger partial charge in [0.2, 0.25) is 0 Å². The van der Waals surface area contributed by atoms with Crippen LogP contribution in [-0.4, -0.2) is 51.9 Å². The molecule has 0 unspecified atom stereocenters. The summed E-state index contributed by atoms with van der Waals surface area (Å²) in [5.41, 5.74) is 0. The van der Waals surface area contributed by atoms with E-state index in [1.165, 1.54) is 0 Å². The van der Waals surface area contributed by atoms with E-state index in [0.717, 1.165) is 0 Å². The third-order valence-corrected chi connectivity index (χ3v) is 0. The van der Waals surface area contributed by atoms with Gasteiger partial charge in [-0.25, -0.2) is 0 Å². The molecule has 0 fully saturated rings. The summed E-state index contributed by atoms with van der Waals surface area (Å²) in [7, 11) is 0. The molecule has 0 saturated carbocycles. The van der Waals surface area contributed by atoms with Crippen LogP contribution in [-0.2, 0) is 6.21 Å². The molecular weight excluding hydrogens is 275 g/mol. The number of rotatable bonds is 0. The molecule has 0 radical (unpaired) electrons. The van der Waals surface area contributed by atoms with Gasteiger partial charge in [-0.1, -0.05) is 0 Å². The molecule has 0 heterocycles. The molecule has 4 nitrogen and oxygen atoms in total. The van der Waals surface area contributed by atoms with Crippen LogP contribution < -0.4 is 0 Å². The molecule has 7 heavy (non-hydrogen) atoms. The zero-order chi connectivity index (χ0) is 4.50. The molecule has 2 N–H and O–H groups in total. The maximum absolute atomic E-state index is 8.85. The summed E-state index contributed by atoms with van der Waals surface area (Å²) in [4.78, 5) is 0. The Morgan fingerprint density at radius 3 is 1.14 bits per heavy atom. The Balaban J connectivity index is -0.0000000800. The van der Waals surface area contributed by atoms with Crippen molar-refractivity contribution in [3.8, 4) is 0 Å². The van der Waals surface area contributed by atoms with Gasteiger partial charge in [0.25, 0.3) is 0 Å². The average molecular weight is 284 g/mol. The van der Waals surface area contributed by atoms with E-state index in [-0.39, 0.29) is 26.0 Å². The van der Waals surface area contributed by atoms with E-state index in [1.807, 2.05) is 0 Å². The fourth-order valence-corrected chi connectivity index (χ4v) is 0. The zero-order valence-corrected chi connectivity index (χ0v) is 4.45. The van der Waals surface area contributed by atoms with Crippen LogP contribution in [0.15, 0.2) is 0 Å². The molecule has 0 aliphatic carbocycles. The second-order valence-corrected chi connectivity index (χ2v) is 3.00. The molecule has 0 aromatic rings. The molecule has 0 aromatic carbocycles. The summed E-state index contributed by atoms with van der Waals surface area (Å²) in [5, 5.41) is 0. The van der Waals surface area contributed by atoms with Crippen molar-refractivity contribution in [1.82, 2.24) is 0 Å². The second kappa shape index (κ2) is 5.06. The van der Waals surface area contributed by atoms with Crippen molar-refractivity contribution >= 4 is 45.0 Å². The van der Waals surface area contributed by atoms with Crippen LogP contribution in [0.5, 0.6) is 0 Å². The predicted molar refractivity (Wildman–Crippen MR) is 32.8 cm³/mol. The van der Waals surface area contributed by atoms with Crippen LogP contribution in [0.1, 0.15) is 0 Å². The van der Waals surface area contributed by atoms with Gasteiger partial charge in [0.1, 0.15) is 0 Å². The van der Waals surface area contributed by atoms with Crippen molar-refractivity contribution < 1.29 is 13.2 Å². The van der Waals surface area contributed by atoms with Gasteiger partial charge in [-0.15, -0.1) is 0 Å². The number of hydrogen-bond donors (Lipinski definition) is 2. The van der Waals surface area contributed by atoms with E-state index in [9.17, 15) is 0 Å². The van der Waals surface area contributed by atoms with E-state index in [1.54, 1.807) is 0 Å². The molecule has 0 aliphatic heterocycles. The van der Waals surface area contributed by atoms with Gasteiger partial charge in [-0.3, -0.25) is 0 Å². The van der Waals surface area contributed by atoms with Gasteiger partial charge in [0.15, 0.2) is 0 Å². The number of hydrogen-bond acceptors (Lipinski definition) is 2. The quantitative estimate of drug-likeness (QED) is 0.441. The minimum atomic E-state index is -5.52. The first-order valence-electron chi connectivity index (χ1n) is 0.698. The summed E-state index contributed by atoms with van der Waals surface area (Å²) >= 11 is -5.52. The van der Waals surface area contributed by atoms with Gasteiger partial charge in [-0.05, 0) is 0 Å². The zero-order valence-electron chi connectivity index (χ0n) is 2.12. The Kier molecular flexibility index (Phi) is 11.3. The van der Waals surface area contributed by atoms with Crippen molar-refractivity contribution in [2.75, 3.05) is 0 Å². The Labute approximate surface area is 58.1 Å². The predicted octanol–water partition coefficient (Wildman–Crippen LogP) is -4.37. The molecule has 0 bridgehead atoms. The molecule has 0 rings (SSSR count). The summed E-state index contributed by atoms with van der Waals surface area (Å²) in [6.07, 6.45) is 0. The minimum absolute atomic E-state index is 0. The molecule has 0 aliphatic rings. The van der Waals surface area contributed by atoms with E-state index in [4.69, 9.17) is 13.2 Å². The second-order valence-electron chi connectivity index (χ2n) is 0.448. The van der Waals surface area contributed by atoms with Gasteiger partial charge < -0.3 is 0 Å². The Bertz CT molecular complexity index is 94.9. The molecule has 46 valence electrons. The fourth-order valence-electron chi connectivity index (χ4n) is 0. The van der Waals surface area contributed by atoms with Crippen LogP contribution in [0, 0.1) is 0 Å². The molecule has 7 heteroatoms. The molecule has 0 spiro atoms. The summed E-state index contributed by atoms with van der Waals surface area (Å²) in [6, 6.07) is 0. The van der Waals surface area contributed by atoms with Crippen LogP contribution in [0.25, 0.3) is 0 Å². The van der Waals surface area contributed by atoms with Crippen LogP contribution >= 0.6 is 0 Å². The van der Waals surface area contributed by atoms with Gasteiger partial charge in [-0.2, -0.15) is 0 Å². The first-order valence-corrected chi connectivity index (χ1v) is 4.69. The first kappa shape index (κ1) is 15.7. The Hall–Kier alpha value is 0.917. The molecule has 0 atom stereocenters. The van der Waals surface area contributed by atoms with Gasteiger partial charge in [0.05, 0.1) is 8.41 Å². The van der Waals surface area contributed by atoms with Gasteiger partial charge in [0, 0.05) is 0 Å². The normalized spacial score (nSPS) is 8.29. The topological polar surface area (TPSA) is 74.6 Å². The third-order valence-electron chi connectivity index (χ3n) is 0. The van der Waals surface area contributed by atoms with E-state index in [0.29, 0.717) is 0 Å². The Morgan fingerprint density at radius 1 is 1.14 bits per heavy atom. The monoisotopic (exact) mass is 288 g/mol. The van der Waals surface area contributed by atoms with Crippen molar-refractivity contribution in [3.63, 3.8) is 0 Å². The van der Waals surface area contributed by atoms with Crippen LogP contribution in [0.3, 0.4) is 0 Å². The van der Waals surface area contributed by atoms with E-state index in [2.05, 4.69) is 0 Å². The average Bonchev–Trinajstić information content (AvgIpc) is 0.722. The summed E-state index contributed by atoms with van der Waals surface area (Å²) < 4.78 is 32.0. The summed E-state index contributed by atoms with van der Waals surface area (Å²) in [6.45, 7) is 0. The van der Waals surface area contributed by atoms with Crippen molar-refractivity contribution in [3.05, 3.63) is 0 Å². The molecular formula is H9BGeO4Te. The van der Waals surface area contributed by atoms with Crippen molar-refractivity contribution in [2.45, 2.75) is 0 Å². The third kappa shape index (κ3) is 199. The van der Waals surface area contributed by atoms with Crippen molar-refractivity contribution in [1.29, 1.82) is 0 Å². The fraction of sp³-hybridized carbons (Fsp3) is 0. The first-order chi connectivity index (χ1) is 2.00. The van der Waals surface area contributed by atoms with E-state index < -0.39 is 19.0 Å². The van der Waals surface area contributed by atoms with Crippen LogP contribution in [0.2, 0.25) is 0 Å². The summed E-state index contributed by atoms with van der Waals surface area (Å²) in [5.74, 6) is 0. The Morgan fingerprint density at radius 2 is 1.14 bits per heavy atom. The van der Waals surface area contributed by atoms with Gasteiger partial charge >= 0.3 is 49.7 Å².